The molecule has 0 bridgehead atoms. The standard InChI is InChI=1S/C13H16N2OS.ClH/c1-9-2-3-12-11(8-9)15-13(16-12)17-10-4-6-14-7-5-10;/h2-3,8,10,14H,4-7H2,1H3;1H. The number of rotatable bonds is 2. The Labute approximate surface area is 117 Å². The molecule has 0 saturated carbocycles. The van der Waals surface area contributed by atoms with Crippen molar-refractivity contribution >= 4 is 35.3 Å². The minimum absolute atomic E-state index is 0. The van der Waals surface area contributed by atoms with Crippen LogP contribution in [0.5, 0.6) is 0 Å². The van der Waals surface area contributed by atoms with Gasteiger partial charge in [0.15, 0.2) is 5.58 Å². The number of benzene rings is 1. The van der Waals surface area contributed by atoms with Crippen LogP contribution >= 0.6 is 24.2 Å². The lowest BCUT2D eigenvalue weighted by atomic mass is 10.2. The number of aryl methyl sites for hydroxylation is 1. The van der Waals surface area contributed by atoms with Gasteiger partial charge in [-0.15, -0.1) is 12.4 Å². The third kappa shape index (κ3) is 2.99. The average molecular weight is 285 g/mol. The van der Waals surface area contributed by atoms with Gasteiger partial charge in [0, 0.05) is 5.25 Å². The van der Waals surface area contributed by atoms with Crippen LogP contribution in [0.1, 0.15) is 18.4 Å². The van der Waals surface area contributed by atoms with Crippen molar-refractivity contribution < 1.29 is 4.42 Å². The van der Waals surface area contributed by atoms with Gasteiger partial charge in [-0.3, -0.25) is 0 Å². The number of aromatic nitrogens is 1. The number of halogens is 1. The van der Waals surface area contributed by atoms with Gasteiger partial charge in [-0.1, -0.05) is 17.8 Å². The largest absolute Gasteiger partial charge is 0.431 e. The molecular formula is C13H17ClN2OS. The summed E-state index contributed by atoms with van der Waals surface area (Å²) in [4.78, 5) is 4.54. The molecule has 0 unspecified atom stereocenters. The molecule has 1 aliphatic rings. The van der Waals surface area contributed by atoms with Crippen molar-refractivity contribution in [3.05, 3.63) is 23.8 Å². The Kier molecular flexibility index (Phi) is 4.54. The number of hydrogen-bond acceptors (Lipinski definition) is 4. The van der Waals surface area contributed by atoms with Crippen LogP contribution < -0.4 is 5.32 Å². The molecule has 0 spiro atoms. The smallest absolute Gasteiger partial charge is 0.257 e. The molecule has 1 N–H and O–H groups in total. The summed E-state index contributed by atoms with van der Waals surface area (Å²) < 4.78 is 5.76. The molecule has 1 aromatic carbocycles. The van der Waals surface area contributed by atoms with Crippen LogP contribution in [0.4, 0.5) is 0 Å². The summed E-state index contributed by atoms with van der Waals surface area (Å²) in [6, 6.07) is 6.14. The zero-order valence-corrected chi connectivity index (χ0v) is 11.9. The molecule has 1 saturated heterocycles. The van der Waals surface area contributed by atoms with E-state index in [1.165, 1.54) is 18.4 Å². The lowest BCUT2D eigenvalue weighted by molar-refractivity contribution is 0.480. The predicted octanol–water partition coefficient (Wildman–Crippen LogP) is 3.40. The molecule has 2 aromatic rings. The van der Waals surface area contributed by atoms with Crippen LogP contribution in [0.15, 0.2) is 27.8 Å². The van der Waals surface area contributed by atoms with Crippen molar-refractivity contribution in [2.45, 2.75) is 30.2 Å². The van der Waals surface area contributed by atoms with Gasteiger partial charge in [0.2, 0.25) is 0 Å². The van der Waals surface area contributed by atoms with E-state index >= 15 is 0 Å². The molecule has 1 aromatic heterocycles. The second-order valence-corrected chi connectivity index (χ2v) is 5.77. The second kappa shape index (κ2) is 5.95. The van der Waals surface area contributed by atoms with Crippen LogP contribution in [0, 0.1) is 6.92 Å². The maximum atomic E-state index is 5.76. The summed E-state index contributed by atoms with van der Waals surface area (Å²) >= 11 is 1.78. The van der Waals surface area contributed by atoms with E-state index in [2.05, 4.69) is 29.4 Å². The van der Waals surface area contributed by atoms with Crippen LogP contribution in [0.25, 0.3) is 11.1 Å². The quantitative estimate of drug-likeness (QED) is 0.917. The molecule has 1 aliphatic heterocycles. The summed E-state index contributed by atoms with van der Waals surface area (Å²) in [6.07, 6.45) is 2.39. The number of piperidine rings is 1. The first-order chi connectivity index (χ1) is 8.31. The molecule has 2 heterocycles. The van der Waals surface area contributed by atoms with Gasteiger partial charge < -0.3 is 9.73 Å². The monoisotopic (exact) mass is 284 g/mol. The van der Waals surface area contributed by atoms with Crippen molar-refractivity contribution in [3.63, 3.8) is 0 Å². The molecule has 3 nitrogen and oxygen atoms in total. The summed E-state index contributed by atoms with van der Waals surface area (Å²) in [5.41, 5.74) is 3.10. The van der Waals surface area contributed by atoms with Gasteiger partial charge in [-0.05, 0) is 50.6 Å². The Morgan fingerprint density at radius 2 is 2.11 bits per heavy atom. The third-order valence-corrected chi connectivity index (χ3v) is 4.26. The van der Waals surface area contributed by atoms with Gasteiger partial charge in [-0.25, -0.2) is 4.98 Å². The van der Waals surface area contributed by atoms with Gasteiger partial charge in [0.1, 0.15) is 5.52 Å². The highest BCUT2D eigenvalue weighted by molar-refractivity contribution is 7.99. The number of nitrogens with zero attached hydrogens (tertiary/aromatic N) is 1. The lowest BCUT2D eigenvalue weighted by Crippen LogP contribution is -2.29. The fourth-order valence-corrected chi connectivity index (χ4v) is 3.17. The molecule has 1 fully saturated rings. The molecule has 98 valence electrons. The molecular weight excluding hydrogens is 268 g/mol. The number of hydrogen-bond donors (Lipinski definition) is 1. The topological polar surface area (TPSA) is 38.1 Å². The number of fused-ring (bicyclic) bond motifs is 1. The third-order valence-electron chi connectivity index (χ3n) is 3.08. The first-order valence-electron chi connectivity index (χ1n) is 6.06. The predicted molar refractivity (Wildman–Crippen MR) is 77.7 cm³/mol. The van der Waals surface area contributed by atoms with E-state index in [0.29, 0.717) is 5.25 Å². The fourth-order valence-electron chi connectivity index (χ4n) is 2.12. The molecule has 5 heteroatoms. The van der Waals surface area contributed by atoms with E-state index in [1.807, 2.05) is 6.07 Å². The zero-order chi connectivity index (χ0) is 11.7. The first kappa shape index (κ1) is 13.7. The zero-order valence-electron chi connectivity index (χ0n) is 10.3. The lowest BCUT2D eigenvalue weighted by Gasteiger charge is -2.20. The summed E-state index contributed by atoms with van der Waals surface area (Å²) in [7, 11) is 0. The van der Waals surface area contributed by atoms with Crippen molar-refractivity contribution in [1.29, 1.82) is 0 Å². The van der Waals surface area contributed by atoms with E-state index in [0.717, 1.165) is 29.4 Å². The van der Waals surface area contributed by atoms with Gasteiger partial charge in [0.05, 0.1) is 0 Å². The van der Waals surface area contributed by atoms with Crippen LogP contribution in [0.2, 0.25) is 0 Å². The van der Waals surface area contributed by atoms with Gasteiger partial charge >= 0.3 is 0 Å². The molecule has 0 atom stereocenters. The first-order valence-corrected chi connectivity index (χ1v) is 6.94. The van der Waals surface area contributed by atoms with Gasteiger partial charge in [-0.2, -0.15) is 0 Å². The molecule has 0 aliphatic carbocycles. The van der Waals surface area contributed by atoms with E-state index < -0.39 is 0 Å². The van der Waals surface area contributed by atoms with E-state index in [9.17, 15) is 0 Å². The summed E-state index contributed by atoms with van der Waals surface area (Å²) in [6.45, 7) is 4.29. The van der Waals surface area contributed by atoms with Crippen molar-refractivity contribution in [3.8, 4) is 0 Å². The van der Waals surface area contributed by atoms with E-state index in [4.69, 9.17) is 4.42 Å². The highest BCUT2D eigenvalue weighted by Crippen LogP contribution is 2.30. The number of oxazole rings is 1. The Morgan fingerprint density at radius 1 is 1.33 bits per heavy atom. The maximum Gasteiger partial charge on any atom is 0.257 e. The highest BCUT2D eigenvalue weighted by Gasteiger charge is 2.17. The van der Waals surface area contributed by atoms with Crippen LogP contribution in [0.3, 0.4) is 0 Å². The normalized spacial score (nSPS) is 16.7. The maximum absolute atomic E-state index is 5.76. The Balaban J connectivity index is 0.00000120. The number of nitrogens with one attached hydrogen (secondary N) is 1. The Bertz CT molecular complexity index is 523. The fraction of sp³-hybridized carbons (Fsp3) is 0.462. The minimum Gasteiger partial charge on any atom is -0.431 e. The average Bonchev–Trinajstić information content (AvgIpc) is 2.71. The van der Waals surface area contributed by atoms with E-state index in [-0.39, 0.29) is 12.4 Å². The Morgan fingerprint density at radius 3 is 2.89 bits per heavy atom. The van der Waals surface area contributed by atoms with E-state index in [1.54, 1.807) is 11.8 Å². The van der Waals surface area contributed by atoms with Crippen molar-refractivity contribution in [2.24, 2.45) is 0 Å². The molecule has 0 radical (unpaired) electrons. The molecule has 3 rings (SSSR count). The van der Waals surface area contributed by atoms with Crippen molar-refractivity contribution in [1.82, 2.24) is 10.3 Å². The summed E-state index contributed by atoms with van der Waals surface area (Å²) in [5, 5.41) is 4.83. The summed E-state index contributed by atoms with van der Waals surface area (Å²) in [5.74, 6) is 0. The van der Waals surface area contributed by atoms with Crippen LogP contribution in [-0.4, -0.2) is 23.3 Å². The second-order valence-electron chi connectivity index (χ2n) is 4.52. The molecule has 0 amide bonds. The van der Waals surface area contributed by atoms with Gasteiger partial charge in [0.25, 0.3) is 5.22 Å². The van der Waals surface area contributed by atoms with Crippen LogP contribution in [-0.2, 0) is 0 Å². The van der Waals surface area contributed by atoms with Crippen molar-refractivity contribution in [2.75, 3.05) is 13.1 Å². The SMILES string of the molecule is Cc1ccc2oc(SC3CCNCC3)nc2c1.Cl. The number of thioether (sulfide) groups is 1. The highest BCUT2D eigenvalue weighted by atomic mass is 35.5. The minimum atomic E-state index is 0. The Hall–Kier alpha value is -0.710. The molecule has 18 heavy (non-hydrogen) atoms.